The third-order valence-electron chi connectivity index (χ3n) is 2.69. The van der Waals surface area contributed by atoms with E-state index in [0.717, 1.165) is 17.5 Å². The molecule has 0 radical (unpaired) electrons. The summed E-state index contributed by atoms with van der Waals surface area (Å²) in [5.41, 5.74) is 2.46. The Bertz CT molecular complexity index is 595. The molecule has 0 spiro atoms. The molecule has 0 aromatic carbocycles. The molecule has 6 heteroatoms. The van der Waals surface area contributed by atoms with Gasteiger partial charge in [-0.15, -0.1) is 11.3 Å². The first-order chi connectivity index (χ1) is 9.17. The van der Waals surface area contributed by atoms with E-state index in [9.17, 15) is 9.90 Å². The number of aromatic carboxylic acids is 1. The topological polar surface area (TPSA) is 72.3 Å². The number of carbonyl (C=O) groups is 1. The molecule has 2 aromatic rings. The van der Waals surface area contributed by atoms with Crippen molar-refractivity contribution in [3.05, 3.63) is 34.6 Å². The molecule has 0 bridgehead atoms. The van der Waals surface area contributed by atoms with Gasteiger partial charge >= 0.3 is 5.97 Å². The summed E-state index contributed by atoms with van der Waals surface area (Å²) in [6, 6.07) is 1.86. The molecule has 2 aromatic heterocycles. The zero-order valence-corrected chi connectivity index (χ0v) is 11.5. The molecule has 0 atom stereocenters. The zero-order chi connectivity index (χ0) is 13.8. The van der Waals surface area contributed by atoms with Gasteiger partial charge in [0.05, 0.1) is 12.3 Å². The smallest absolute Gasteiger partial charge is 0.347 e. The average Bonchev–Trinajstić information content (AvgIpc) is 2.83. The maximum atomic E-state index is 11.2. The Morgan fingerprint density at radius 3 is 2.95 bits per heavy atom. The third-order valence-corrected chi connectivity index (χ3v) is 3.81. The second kappa shape index (κ2) is 5.90. The molecule has 1 N–H and O–H groups in total. The third kappa shape index (κ3) is 2.80. The van der Waals surface area contributed by atoms with Crippen LogP contribution in [0.25, 0.3) is 10.6 Å². The minimum Gasteiger partial charge on any atom is -0.477 e. The lowest BCUT2D eigenvalue weighted by atomic mass is 10.1. The van der Waals surface area contributed by atoms with Crippen LogP contribution in [0.4, 0.5) is 0 Å². The number of hydrogen-bond acceptors (Lipinski definition) is 5. The minimum absolute atomic E-state index is 0.199. The van der Waals surface area contributed by atoms with Crippen LogP contribution in [0.1, 0.15) is 27.9 Å². The molecule has 0 fully saturated rings. The van der Waals surface area contributed by atoms with Crippen molar-refractivity contribution in [2.24, 2.45) is 0 Å². The van der Waals surface area contributed by atoms with Crippen LogP contribution in [0.3, 0.4) is 0 Å². The highest BCUT2D eigenvalue weighted by atomic mass is 32.1. The first-order valence-electron chi connectivity index (χ1n) is 5.82. The van der Waals surface area contributed by atoms with Gasteiger partial charge in [0, 0.05) is 25.1 Å². The largest absolute Gasteiger partial charge is 0.477 e. The van der Waals surface area contributed by atoms with Crippen LogP contribution in [0.2, 0.25) is 0 Å². The van der Waals surface area contributed by atoms with Crippen molar-refractivity contribution in [2.45, 2.75) is 20.0 Å². The van der Waals surface area contributed by atoms with Gasteiger partial charge in [-0.05, 0) is 18.1 Å². The SMILES string of the molecule is CCc1cnccc1-c1nc(COC)c(C(=O)O)s1. The number of carboxylic acids is 1. The van der Waals surface area contributed by atoms with E-state index < -0.39 is 5.97 Å². The van der Waals surface area contributed by atoms with E-state index in [1.54, 1.807) is 12.4 Å². The Hall–Kier alpha value is -1.79. The number of ether oxygens (including phenoxy) is 1. The lowest BCUT2D eigenvalue weighted by Gasteiger charge is -2.02. The summed E-state index contributed by atoms with van der Waals surface area (Å²) in [4.78, 5) is 19.9. The lowest BCUT2D eigenvalue weighted by molar-refractivity contribution is 0.0697. The summed E-state index contributed by atoms with van der Waals surface area (Å²) < 4.78 is 4.99. The standard InChI is InChI=1S/C13H14N2O3S/c1-3-8-6-14-5-4-9(8)12-15-10(7-18-2)11(19-12)13(16)17/h4-6H,3,7H2,1-2H3,(H,16,17). The van der Waals surface area contributed by atoms with Crippen molar-refractivity contribution in [1.82, 2.24) is 9.97 Å². The molecule has 0 amide bonds. The predicted molar refractivity (Wildman–Crippen MR) is 72.4 cm³/mol. The van der Waals surface area contributed by atoms with Crippen LogP contribution >= 0.6 is 11.3 Å². The van der Waals surface area contributed by atoms with Gasteiger partial charge in [0.15, 0.2) is 0 Å². The van der Waals surface area contributed by atoms with Gasteiger partial charge < -0.3 is 9.84 Å². The molecular weight excluding hydrogens is 264 g/mol. The van der Waals surface area contributed by atoms with Crippen LogP contribution in [0, 0.1) is 0 Å². The van der Waals surface area contributed by atoms with E-state index in [1.807, 2.05) is 13.0 Å². The Labute approximate surface area is 114 Å². The highest BCUT2D eigenvalue weighted by Gasteiger charge is 2.19. The number of aryl methyl sites for hydroxylation is 1. The van der Waals surface area contributed by atoms with Crippen LogP contribution in [0.5, 0.6) is 0 Å². The van der Waals surface area contributed by atoms with Crippen molar-refractivity contribution in [1.29, 1.82) is 0 Å². The predicted octanol–water partition coefficient (Wildman–Crippen LogP) is 2.61. The van der Waals surface area contributed by atoms with Crippen molar-refractivity contribution in [3.63, 3.8) is 0 Å². The van der Waals surface area contributed by atoms with E-state index in [0.29, 0.717) is 10.7 Å². The molecule has 0 saturated heterocycles. The number of carboxylic acid groups (broad SMARTS) is 1. The number of rotatable bonds is 5. The van der Waals surface area contributed by atoms with Crippen LogP contribution in [-0.4, -0.2) is 28.2 Å². The van der Waals surface area contributed by atoms with E-state index >= 15 is 0 Å². The van der Waals surface area contributed by atoms with Crippen LogP contribution < -0.4 is 0 Å². The maximum Gasteiger partial charge on any atom is 0.347 e. The van der Waals surface area contributed by atoms with Gasteiger partial charge in [0.1, 0.15) is 9.88 Å². The minimum atomic E-state index is -0.970. The van der Waals surface area contributed by atoms with Gasteiger partial charge in [0.2, 0.25) is 0 Å². The van der Waals surface area contributed by atoms with Gasteiger partial charge in [-0.2, -0.15) is 0 Å². The van der Waals surface area contributed by atoms with Crippen LogP contribution in [0.15, 0.2) is 18.5 Å². The van der Waals surface area contributed by atoms with Gasteiger partial charge in [-0.1, -0.05) is 6.92 Å². The van der Waals surface area contributed by atoms with Crippen molar-refractivity contribution < 1.29 is 14.6 Å². The van der Waals surface area contributed by atoms with E-state index in [1.165, 1.54) is 18.4 Å². The first-order valence-corrected chi connectivity index (χ1v) is 6.64. The normalized spacial score (nSPS) is 10.6. The van der Waals surface area contributed by atoms with Crippen molar-refractivity contribution in [3.8, 4) is 10.6 Å². The second-order valence-electron chi connectivity index (χ2n) is 3.92. The van der Waals surface area contributed by atoms with Gasteiger partial charge in [0.25, 0.3) is 0 Å². The number of hydrogen-bond donors (Lipinski definition) is 1. The highest BCUT2D eigenvalue weighted by molar-refractivity contribution is 7.17. The zero-order valence-electron chi connectivity index (χ0n) is 10.7. The molecule has 0 aliphatic rings. The van der Waals surface area contributed by atoms with E-state index in [-0.39, 0.29) is 11.5 Å². The Balaban J connectivity index is 2.51. The highest BCUT2D eigenvalue weighted by Crippen LogP contribution is 2.30. The molecule has 0 unspecified atom stereocenters. The molecule has 0 aliphatic carbocycles. The van der Waals surface area contributed by atoms with Gasteiger partial charge in [-0.3, -0.25) is 4.98 Å². The maximum absolute atomic E-state index is 11.2. The van der Waals surface area contributed by atoms with Crippen molar-refractivity contribution in [2.75, 3.05) is 7.11 Å². The molecule has 0 aliphatic heterocycles. The molecule has 2 rings (SSSR count). The number of methoxy groups -OCH3 is 1. The summed E-state index contributed by atoms with van der Waals surface area (Å²) in [5.74, 6) is -0.970. The number of pyridine rings is 1. The number of nitrogens with zero attached hydrogens (tertiary/aromatic N) is 2. The summed E-state index contributed by atoms with van der Waals surface area (Å²) in [6.07, 6.45) is 4.30. The second-order valence-corrected chi connectivity index (χ2v) is 4.92. The monoisotopic (exact) mass is 278 g/mol. The van der Waals surface area contributed by atoms with Crippen LogP contribution in [-0.2, 0) is 17.8 Å². The molecule has 100 valence electrons. The van der Waals surface area contributed by atoms with E-state index in [4.69, 9.17) is 4.74 Å². The number of aromatic nitrogens is 2. The Kier molecular flexibility index (Phi) is 4.24. The summed E-state index contributed by atoms with van der Waals surface area (Å²) in [7, 11) is 1.52. The fraction of sp³-hybridized carbons (Fsp3) is 0.308. The summed E-state index contributed by atoms with van der Waals surface area (Å²) in [5, 5.41) is 9.88. The van der Waals surface area contributed by atoms with E-state index in [2.05, 4.69) is 9.97 Å². The quantitative estimate of drug-likeness (QED) is 0.910. The fourth-order valence-electron chi connectivity index (χ4n) is 1.79. The fourth-order valence-corrected chi connectivity index (χ4v) is 2.75. The Morgan fingerprint density at radius 1 is 1.53 bits per heavy atom. The first kappa shape index (κ1) is 13.6. The summed E-state index contributed by atoms with van der Waals surface area (Å²) >= 11 is 1.17. The summed E-state index contributed by atoms with van der Waals surface area (Å²) in [6.45, 7) is 2.23. The van der Waals surface area contributed by atoms with Gasteiger partial charge in [-0.25, -0.2) is 9.78 Å². The number of thiazole rings is 1. The lowest BCUT2D eigenvalue weighted by Crippen LogP contribution is -1.99. The molecule has 19 heavy (non-hydrogen) atoms. The molecular formula is C13H14N2O3S. The molecule has 5 nitrogen and oxygen atoms in total. The molecule has 0 saturated carbocycles. The Morgan fingerprint density at radius 2 is 2.32 bits per heavy atom. The average molecular weight is 278 g/mol. The van der Waals surface area contributed by atoms with Crippen molar-refractivity contribution >= 4 is 17.3 Å². The molecule has 2 heterocycles.